The maximum Gasteiger partial charge on any atom is 0.341 e. The average molecular weight is 482 g/mol. The summed E-state index contributed by atoms with van der Waals surface area (Å²) < 4.78 is 21.1. The Bertz CT molecular complexity index is 1200. The second-order valence-electron chi connectivity index (χ2n) is 7.12. The third-order valence-electron chi connectivity index (χ3n) is 5.02. The minimum atomic E-state index is -0.524. The fourth-order valence-electron chi connectivity index (χ4n) is 3.44. The molecular formula is C26H27NO6S. The van der Waals surface area contributed by atoms with Crippen LogP contribution in [0.25, 0.3) is 17.2 Å². The largest absolute Gasteiger partial charge is 0.497 e. The Kier molecular flexibility index (Phi) is 8.32. The minimum absolute atomic E-state index is 0.318. The highest BCUT2D eigenvalue weighted by molar-refractivity contribution is 7.17. The monoisotopic (exact) mass is 481 g/mol. The van der Waals surface area contributed by atoms with Gasteiger partial charge in [-0.15, -0.1) is 11.3 Å². The molecule has 0 aliphatic heterocycles. The second-order valence-corrected chi connectivity index (χ2v) is 8.34. The summed E-state index contributed by atoms with van der Waals surface area (Å²) in [5.41, 5.74) is 2.58. The number of thiophene rings is 1. The first-order valence-corrected chi connectivity index (χ1v) is 11.4. The van der Waals surface area contributed by atoms with Crippen molar-refractivity contribution in [3.63, 3.8) is 0 Å². The number of benzene rings is 2. The van der Waals surface area contributed by atoms with Gasteiger partial charge in [0, 0.05) is 28.1 Å². The molecule has 0 bridgehead atoms. The summed E-state index contributed by atoms with van der Waals surface area (Å²) in [6.07, 6.45) is 3.02. The van der Waals surface area contributed by atoms with Crippen molar-refractivity contribution in [1.29, 1.82) is 0 Å². The summed E-state index contributed by atoms with van der Waals surface area (Å²) >= 11 is 1.32. The van der Waals surface area contributed by atoms with Gasteiger partial charge in [-0.1, -0.05) is 12.1 Å². The summed E-state index contributed by atoms with van der Waals surface area (Å²) in [7, 11) is 4.44. The minimum Gasteiger partial charge on any atom is -0.497 e. The zero-order valence-corrected chi connectivity index (χ0v) is 20.6. The molecule has 34 heavy (non-hydrogen) atoms. The van der Waals surface area contributed by atoms with Gasteiger partial charge in [-0.3, -0.25) is 4.79 Å². The topological polar surface area (TPSA) is 83.1 Å². The van der Waals surface area contributed by atoms with E-state index in [0.717, 1.165) is 21.8 Å². The predicted octanol–water partition coefficient (Wildman–Crippen LogP) is 5.58. The number of rotatable bonds is 9. The molecule has 3 rings (SSSR count). The van der Waals surface area contributed by atoms with Gasteiger partial charge in [-0.05, 0) is 49.8 Å². The fourth-order valence-corrected chi connectivity index (χ4v) is 4.50. The fraction of sp³-hybridized carbons (Fsp3) is 0.231. The maximum absolute atomic E-state index is 12.7. The van der Waals surface area contributed by atoms with Gasteiger partial charge in [-0.2, -0.15) is 0 Å². The number of hydrogen-bond donors (Lipinski definition) is 1. The standard InChI is InChI=1S/C26H27NO6S/c1-6-33-19-11-8-18(9-12-19)23-16(2)34-25(24(23)26(29)32-5)27-22(28)14-10-17-7-13-20(30-3)15-21(17)31-4/h7-15H,6H2,1-5H3,(H,27,28). The normalized spacial score (nSPS) is 10.7. The average Bonchev–Trinajstić information content (AvgIpc) is 3.17. The predicted molar refractivity (Wildman–Crippen MR) is 134 cm³/mol. The van der Waals surface area contributed by atoms with E-state index in [9.17, 15) is 9.59 Å². The van der Waals surface area contributed by atoms with Crippen LogP contribution in [0, 0.1) is 6.92 Å². The Hall–Kier alpha value is -3.78. The third kappa shape index (κ3) is 5.58. The number of carbonyl (C=O) groups is 2. The van der Waals surface area contributed by atoms with Crippen molar-refractivity contribution >= 4 is 34.3 Å². The molecule has 1 amide bonds. The van der Waals surface area contributed by atoms with Crippen LogP contribution in [0.5, 0.6) is 17.2 Å². The number of aryl methyl sites for hydroxylation is 1. The van der Waals surface area contributed by atoms with Gasteiger partial charge in [0.1, 0.15) is 27.8 Å². The van der Waals surface area contributed by atoms with Crippen molar-refractivity contribution in [2.45, 2.75) is 13.8 Å². The molecule has 2 aromatic carbocycles. The van der Waals surface area contributed by atoms with Crippen molar-refractivity contribution < 1.29 is 28.5 Å². The first-order chi connectivity index (χ1) is 16.4. The van der Waals surface area contributed by atoms with E-state index in [0.29, 0.717) is 34.2 Å². The van der Waals surface area contributed by atoms with Crippen LogP contribution in [-0.4, -0.2) is 39.8 Å². The van der Waals surface area contributed by atoms with E-state index in [1.54, 1.807) is 38.5 Å². The number of carbonyl (C=O) groups excluding carboxylic acids is 2. The summed E-state index contributed by atoms with van der Waals surface area (Å²) in [5.74, 6) is 1.05. The van der Waals surface area contributed by atoms with Crippen molar-refractivity contribution in [2.75, 3.05) is 33.3 Å². The lowest BCUT2D eigenvalue weighted by molar-refractivity contribution is -0.111. The lowest BCUT2D eigenvalue weighted by atomic mass is 10.0. The molecule has 0 saturated carbocycles. The van der Waals surface area contributed by atoms with Crippen LogP contribution in [0.1, 0.15) is 27.7 Å². The van der Waals surface area contributed by atoms with E-state index < -0.39 is 5.97 Å². The summed E-state index contributed by atoms with van der Waals surface area (Å²) in [4.78, 5) is 26.3. The number of ether oxygens (including phenoxy) is 4. The molecule has 8 heteroatoms. The molecule has 7 nitrogen and oxygen atoms in total. The van der Waals surface area contributed by atoms with Crippen LogP contribution in [0.2, 0.25) is 0 Å². The SMILES string of the molecule is CCOc1ccc(-c2c(C)sc(NC(=O)C=Cc3ccc(OC)cc3OC)c2C(=O)OC)cc1. The number of esters is 1. The van der Waals surface area contributed by atoms with Gasteiger partial charge < -0.3 is 24.3 Å². The summed E-state index contributed by atoms with van der Waals surface area (Å²) in [5, 5.41) is 3.24. The first-order valence-electron chi connectivity index (χ1n) is 10.6. The van der Waals surface area contributed by atoms with Crippen LogP contribution in [0.3, 0.4) is 0 Å². The lowest BCUT2D eigenvalue weighted by Gasteiger charge is -2.09. The molecule has 0 spiro atoms. The van der Waals surface area contributed by atoms with E-state index in [1.807, 2.05) is 38.1 Å². The number of hydrogen-bond acceptors (Lipinski definition) is 7. The van der Waals surface area contributed by atoms with Gasteiger partial charge >= 0.3 is 5.97 Å². The first kappa shape index (κ1) is 24.9. The van der Waals surface area contributed by atoms with E-state index in [1.165, 1.54) is 24.5 Å². The molecule has 1 N–H and O–H groups in total. The molecule has 0 unspecified atom stereocenters. The van der Waals surface area contributed by atoms with Crippen LogP contribution >= 0.6 is 11.3 Å². The van der Waals surface area contributed by atoms with Crippen molar-refractivity contribution in [3.05, 3.63) is 64.5 Å². The molecule has 0 saturated heterocycles. The molecule has 1 heterocycles. The van der Waals surface area contributed by atoms with E-state index in [2.05, 4.69) is 5.32 Å². The van der Waals surface area contributed by atoms with Gasteiger partial charge in [0.25, 0.3) is 0 Å². The Labute approximate surface area is 202 Å². The third-order valence-corrected chi connectivity index (χ3v) is 6.04. The molecule has 3 aromatic rings. The van der Waals surface area contributed by atoms with Gasteiger partial charge in [0.2, 0.25) is 5.91 Å². The van der Waals surface area contributed by atoms with Crippen LogP contribution in [0.15, 0.2) is 48.5 Å². The van der Waals surface area contributed by atoms with E-state index >= 15 is 0 Å². The van der Waals surface area contributed by atoms with Gasteiger partial charge in [-0.25, -0.2) is 4.79 Å². The van der Waals surface area contributed by atoms with Gasteiger partial charge in [0.15, 0.2) is 0 Å². The Morgan fingerprint density at radius 3 is 2.32 bits per heavy atom. The molecule has 0 fully saturated rings. The number of amides is 1. The highest BCUT2D eigenvalue weighted by atomic mass is 32.1. The molecule has 0 aliphatic rings. The van der Waals surface area contributed by atoms with E-state index in [-0.39, 0.29) is 5.91 Å². The van der Waals surface area contributed by atoms with Crippen LogP contribution < -0.4 is 19.5 Å². The highest BCUT2D eigenvalue weighted by Gasteiger charge is 2.24. The molecule has 0 aliphatic carbocycles. The lowest BCUT2D eigenvalue weighted by Crippen LogP contribution is -2.11. The zero-order valence-electron chi connectivity index (χ0n) is 19.8. The highest BCUT2D eigenvalue weighted by Crippen LogP contribution is 2.41. The number of nitrogens with one attached hydrogen (secondary N) is 1. The Morgan fingerprint density at radius 1 is 1.00 bits per heavy atom. The van der Waals surface area contributed by atoms with Crippen molar-refractivity contribution in [1.82, 2.24) is 0 Å². The summed E-state index contributed by atoms with van der Waals surface area (Å²) in [6.45, 7) is 4.38. The summed E-state index contributed by atoms with van der Waals surface area (Å²) in [6, 6.07) is 12.8. The molecule has 178 valence electrons. The second kappa shape index (κ2) is 11.4. The molecule has 0 radical (unpaired) electrons. The Balaban J connectivity index is 1.90. The van der Waals surface area contributed by atoms with Crippen LogP contribution in [0.4, 0.5) is 5.00 Å². The number of anilines is 1. The zero-order chi connectivity index (χ0) is 24.7. The maximum atomic E-state index is 12.7. The molecule has 0 atom stereocenters. The molecule has 1 aromatic heterocycles. The van der Waals surface area contributed by atoms with Crippen molar-refractivity contribution in [3.8, 4) is 28.4 Å². The van der Waals surface area contributed by atoms with Gasteiger partial charge in [0.05, 0.1) is 27.9 Å². The quantitative estimate of drug-likeness (QED) is 0.317. The Morgan fingerprint density at radius 2 is 1.71 bits per heavy atom. The van der Waals surface area contributed by atoms with E-state index in [4.69, 9.17) is 18.9 Å². The molecular weight excluding hydrogens is 454 g/mol. The van der Waals surface area contributed by atoms with Crippen molar-refractivity contribution in [2.24, 2.45) is 0 Å². The number of methoxy groups -OCH3 is 3. The smallest absolute Gasteiger partial charge is 0.341 e. The van der Waals surface area contributed by atoms with Crippen LogP contribution in [-0.2, 0) is 9.53 Å².